The first-order chi connectivity index (χ1) is 3.13. The third-order valence-corrected chi connectivity index (χ3v) is 0.818. The molecule has 0 aromatic heterocycles. The molecule has 0 bridgehead atoms. The van der Waals surface area contributed by atoms with Crippen LogP contribution in [0.15, 0.2) is 0 Å². The molecule has 0 aromatic carbocycles. The van der Waals surface area contributed by atoms with E-state index in [9.17, 15) is 4.79 Å². The van der Waals surface area contributed by atoms with Crippen LogP contribution < -0.4 is 5.73 Å². The van der Waals surface area contributed by atoms with Crippen molar-refractivity contribution in [3.05, 3.63) is 0 Å². The Balaban J connectivity index is 3.13. The van der Waals surface area contributed by atoms with Crippen molar-refractivity contribution < 1.29 is 4.79 Å². The number of hydrogen-bond donors (Lipinski definition) is 1. The largest absolute Gasteiger partial charge is 0.359 e. The molecule has 0 unspecified atom stereocenters. The van der Waals surface area contributed by atoms with Crippen LogP contribution >= 0.6 is 11.9 Å². The van der Waals surface area contributed by atoms with E-state index in [-0.39, 0.29) is 5.24 Å². The topological polar surface area (TPSA) is 46.3 Å². The molecule has 0 saturated heterocycles. The Kier molecular flexibility index (Phi) is 2.78. The summed E-state index contributed by atoms with van der Waals surface area (Å²) in [5.41, 5.74) is 4.78. The zero-order chi connectivity index (χ0) is 5.86. The molecule has 0 aliphatic rings. The van der Waals surface area contributed by atoms with Gasteiger partial charge >= 0.3 is 0 Å². The molecule has 0 spiro atoms. The lowest BCUT2D eigenvalue weighted by Gasteiger charge is -2.01. The second kappa shape index (κ2) is 2.87. The molecule has 42 valence electrons. The third kappa shape index (κ3) is 5.78. The molecule has 0 aromatic rings. The van der Waals surface area contributed by atoms with Crippen molar-refractivity contribution >= 4 is 17.2 Å². The highest BCUT2D eigenvalue weighted by Gasteiger charge is 1.93. The molecule has 0 heterocycles. The Morgan fingerprint density at radius 3 is 2.14 bits per heavy atom. The van der Waals surface area contributed by atoms with Crippen LogP contribution in [0.5, 0.6) is 0 Å². The lowest BCUT2D eigenvalue weighted by molar-refractivity contribution is 0.266. The smallest absolute Gasteiger partial charge is 0.291 e. The zero-order valence-electron chi connectivity index (χ0n) is 4.34. The molecule has 0 aliphatic carbocycles. The van der Waals surface area contributed by atoms with Gasteiger partial charge in [0.2, 0.25) is 0 Å². The number of amides is 1. The summed E-state index contributed by atoms with van der Waals surface area (Å²) in [6.07, 6.45) is 0. The molecule has 3 nitrogen and oxygen atoms in total. The van der Waals surface area contributed by atoms with E-state index in [1.165, 1.54) is 0 Å². The molecule has 0 rings (SSSR count). The highest BCUT2D eigenvalue weighted by atomic mass is 32.2. The third-order valence-electron chi connectivity index (χ3n) is 0.273. The fourth-order valence-corrected chi connectivity index (χ4v) is 0.540. The number of carbonyl (C=O) groups excluding carboxylic acids is 1. The fraction of sp³-hybridized carbons (Fsp3) is 0.667. The Bertz CT molecular complexity index is 73.3. The summed E-state index contributed by atoms with van der Waals surface area (Å²) in [5, 5.41) is -0.370. The van der Waals surface area contributed by atoms with Crippen LogP contribution in [0.3, 0.4) is 0 Å². The first-order valence-corrected chi connectivity index (χ1v) is 2.55. The van der Waals surface area contributed by atoms with Crippen LogP contribution in [0.4, 0.5) is 4.79 Å². The van der Waals surface area contributed by atoms with Crippen LogP contribution in [0, 0.1) is 0 Å². The lowest BCUT2D eigenvalue weighted by atomic mass is 11.3. The van der Waals surface area contributed by atoms with E-state index in [0.717, 1.165) is 11.9 Å². The van der Waals surface area contributed by atoms with Crippen molar-refractivity contribution in [1.82, 2.24) is 4.31 Å². The van der Waals surface area contributed by atoms with Crippen molar-refractivity contribution in [3.63, 3.8) is 0 Å². The summed E-state index contributed by atoms with van der Waals surface area (Å²) >= 11 is 0.981. The van der Waals surface area contributed by atoms with Gasteiger partial charge in [0.15, 0.2) is 0 Å². The van der Waals surface area contributed by atoms with E-state index < -0.39 is 0 Å². The van der Waals surface area contributed by atoms with Gasteiger partial charge < -0.3 is 5.73 Å². The second-order valence-corrected chi connectivity index (χ2v) is 2.54. The standard InChI is InChI=1S/C3H8N2OS/c1-5(2)7-3(4)6/h1-2H3,(H2,4,6). The highest BCUT2D eigenvalue weighted by Crippen LogP contribution is 1.99. The number of rotatable bonds is 1. The maximum absolute atomic E-state index is 9.95. The van der Waals surface area contributed by atoms with Gasteiger partial charge in [0.1, 0.15) is 0 Å². The SMILES string of the molecule is CN(C)SC(N)=O. The summed E-state index contributed by atoms with van der Waals surface area (Å²) in [7, 11) is 3.52. The average Bonchev–Trinajstić information content (AvgIpc) is 1.27. The molecule has 2 N–H and O–H groups in total. The minimum atomic E-state index is -0.370. The van der Waals surface area contributed by atoms with Gasteiger partial charge in [-0.2, -0.15) is 0 Å². The molecule has 4 heteroatoms. The van der Waals surface area contributed by atoms with E-state index in [2.05, 4.69) is 0 Å². The average molecular weight is 120 g/mol. The predicted molar refractivity (Wildman–Crippen MR) is 30.9 cm³/mol. The fourth-order valence-electron chi connectivity index (χ4n) is 0.180. The highest BCUT2D eigenvalue weighted by molar-refractivity contribution is 8.11. The van der Waals surface area contributed by atoms with Gasteiger partial charge in [-0.1, -0.05) is 0 Å². The Morgan fingerprint density at radius 2 is 2.14 bits per heavy atom. The molecular formula is C3H8N2OS. The van der Waals surface area contributed by atoms with Crippen molar-refractivity contribution in [3.8, 4) is 0 Å². The summed E-state index contributed by atoms with van der Waals surface area (Å²) in [6.45, 7) is 0. The maximum atomic E-state index is 9.95. The molecule has 0 radical (unpaired) electrons. The summed E-state index contributed by atoms with van der Waals surface area (Å²) in [6, 6.07) is 0. The zero-order valence-corrected chi connectivity index (χ0v) is 5.16. The Morgan fingerprint density at radius 1 is 1.71 bits per heavy atom. The van der Waals surface area contributed by atoms with Gasteiger partial charge in [0.05, 0.1) is 0 Å². The van der Waals surface area contributed by atoms with Crippen molar-refractivity contribution in [1.29, 1.82) is 0 Å². The molecule has 0 aliphatic heterocycles. The number of nitrogens with two attached hydrogens (primary N) is 1. The minimum Gasteiger partial charge on any atom is -0.359 e. The van der Waals surface area contributed by atoms with Crippen molar-refractivity contribution in [2.75, 3.05) is 14.1 Å². The maximum Gasteiger partial charge on any atom is 0.291 e. The Labute approximate surface area is 47.0 Å². The minimum absolute atomic E-state index is 0.370. The van der Waals surface area contributed by atoms with Gasteiger partial charge in [-0.25, -0.2) is 4.31 Å². The lowest BCUT2D eigenvalue weighted by Crippen LogP contribution is -2.11. The van der Waals surface area contributed by atoms with Crippen molar-refractivity contribution in [2.24, 2.45) is 5.73 Å². The molecule has 0 fully saturated rings. The van der Waals surface area contributed by atoms with E-state index in [1.54, 1.807) is 18.4 Å². The van der Waals surface area contributed by atoms with Gasteiger partial charge in [-0.3, -0.25) is 4.79 Å². The summed E-state index contributed by atoms with van der Waals surface area (Å²) < 4.78 is 1.64. The van der Waals surface area contributed by atoms with Gasteiger partial charge in [-0.15, -0.1) is 0 Å². The van der Waals surface area contributed by atoms with E-state index in [4.69, 9.17) is 5.73 Å². The molecular weight excluding hydrogens is 112 g/mol. The Hall–Kier alpha value is -0.220. The number of hydrogen-bond acceptors (Lipinski definition) is 3. The first-order valence-electron chi connectivity index (χ1n) is 1.77. The number of carbonyl (C=O) groups is 1. The summed E-state index contributed by atoms with van der Waals surface area (Å²) in [4.78, 5) is 9.95. The number of primary amides is 1. The monoisotopic (exact) mass is 120 g/mol. The molecule has 7 heavy (non-hydrogen) atoms. The number of nitrogens with zero attached hydrogens (tertiary/aromatic N) is 1. The van der Waals surface area contributed by atoms with E-state index >= 15 is 0 Å². The van der Waals surface area contributed by atoms with Crippen LogP contribution in [0.25, 0.3) is 0 Å². The van der Waals surface area contributed by atoms with E-state index in [1.807, 2.05) is 0 Å². The predicted octanol–water partition coefficient (Wildman–Crippen LogP) is 0.275. The van der Waals surface area contributed by atoms with Gasteiger partial charge in [-0.05, 0) is 14.1 Å². The second-order valence-electron chi connectivity index (χ2n) is 1.22. The van der Waals surface area contributed by atoms with Crippen LogP contribution in [0.2, 0.25) is 0 Å². The normalized spacial score (nSPS) is 9.57. The quantitative estimate of drug-likeness (QED) is 0.505. The van der Waals surface area contributed by atoms with Crippen LogP contribution in [0.1, 0.15) is 0 Å². The molecule has 0 atom stereocenters. The first kappa shape index (κ1) is 6.78. The molecule has 1 amide bonds. The molecule has 0 saturated carbocycles. The van der Waals surface area contributed by atoms with Crippen LogP contribution in [-0.2, 0) is 0 Å². The van der Waals surface area contributed by atoms with Crippen LogP contribution in [-0.4, -0.2) is 23.6 Å². The van der Waals surface area contributed by atoms with Gasteiger partial charge in [0, 0.05) is 11.9 Å². The summed E-state index contributed by atoms with van der Waals surface area (Å²) in [5.74, 6) is 0. The van der Waals surface area contributed by atoms with Crippen molar-refractivity contribution in [2.45, 2.75) is 0 Å². The van der Waals surface area contributed by atoms with Gasteiger partial charge in [0.25, 0.3) is 5.24 Å². The van der Waals surface area contributed by atoms with E-state index in [0.29, 0.717) is 0 Å².